The molecule has 0 heterocycles. The summed E-state index contributed by atoms with van der Waals surface area (Å²) in [5, 5.41) is 12.7. The molecule has 0 fully saturated rings. The van der Waals surface area contributed by atoms with Gasteiger partial charge >= 0.3 is 13.8 Å². The van der Waals surface area contributed by atoms with Gasteiger partial charge in [0, 0.05) is 19.4 Å². The van der Waals surface area contributed by atoms with Crippen molar-refractivity contribution in [1.29, 1.82) is 0 Å². The summed E-state index contributed by atoms with van der Waals surface area (Å²) in [5.74, 6) is -0.553. The highest BCUT2D eigenvalue weighted by Gasteiger charge is 2.23. The fraction of sp³-hybridized carbons (Fsp3) is 0.633. The molecule has 2 unspecified atom stereocenters. The smallest absolute Gasteiger partial charge is 0.463 e. The molecule has 0 radical (unpaired) electrons. The Morgan fingerprint density at radius 3 is 1.37 bits per heavy atom. The number of carbonyl (C=O) groups excluding carboxylic acids is 2. The summed E-state index contributed by atoms with van der Waals surface area (Å²) >= 11 is 0. The molecule has 9 nitrogen and oxygen atoms in total. The van der Waals surface area contributed by atoms with Gasteiger partial charge in [0.25, 0.3) is 0 Å². The lowest BCUT2D eigenvalue weighted by Crippen LogP contribution is -2.27. The number of hydrogen-bond donors (Lipinski definition) is 3. The molecule has 59 heavy (non-hydrogen) atoms. The van der Waals surface area contributed by atoms with E-state index in [0.717, 1.165) is 109 Å². The Hall–Kier alpha value is -3.07. The summed E-state index contributed by atoms with van der Waals surface area (Å²) in [5.41, 5.74) is 0. The molecule has 0 saturated heterocycles. The first-order chi connectivity index (χ1) is 28.8. The van der Waals surface area contributed by atoms with E-state index >= 15 is 0 Å². The van der Waals surface area contributed by atoms with Crippen molar-refractivity contribution < 1.29 is 37.9 Å². The number of aliphatic hydroxyl groups is 1. The molecular formula is C49H82NO8P. The molecule has 0 bridgehead atoms. The molecule has 1 amide bonds. The predicted molar refractivity (Wildman–Crippen MR) is 247 cm³/mol. The Labute approximate surface area is 359 Å². The van der Waals surface area contributed by atoms with Gasteiger partial charge in [-0.3, -0.25) is 18.6 Å². The lowest BCUT2D eigenvalue weighted by Gasteiger charge is -2.15. The van der Waals surface area contributed by atoms with E-state index < -0.39 is 26.5 Å². The quantitative estimate of drug-likeness (QED) is 0.0240. The van der Waals surface area contributed by atoms with Gasteiger partial charge in [-0.1, -0.05) is 162 Å². The zero-order chi connectivity index (χ0) is 43.2. The normalized spacial score (nSPS) is 14.2. The summed E-state index contributed by atoms with van der Waals surface area (Å²) in [6.45, 7) is 3.28. The summed E-state index contributed by atoms with van der Waals surface area (Å²) in [4.78, 5) is 34.0. The summed E-state index contributed by atoms with van der Waals surface area (Å²) < 4.78 is 26.9. The molecule has 0 rings (SSSR count). The maximum Gasteiger partial charge on any atom is 0.472 e. The summed E-state index contributed by atoms with van der Waals surface area (Å²) in [6.07, 6.45) is 57.6. The third-order valence-corrected chi connectivity index (χ3v) is 9.99. The highest BCUT2D eigenvalue weighted by atomic mass is 31.2. The van der Waals surface area contributed by atoms with Gasteiger partial charge in [0.15, 0.2) is 0 Å². The van der Waals surface area contributed by atoms with Gasteiger partial charge < -0.3 is 20.1 Å². The number of ether oxygens (including phenoxy) is 1. The number of allylic oxidation sites excluding steroid dienone is 16. The number of rotatable bonds is 41. The van der Waals surface area contributed by atoms with Crippen molar-refractivity contribution in [2.75, 3.05) is 26.4 Å². The average molecular weight is 844 g/mol. The van der Waals surface area contributed by atoms with Crippen LogP contribution in [-0.2, 0) is 27.9 Å². The van der Waals surface area contributed by atoms with E-state index in [2.05, 4.69) is 116 Å². The Bertz CT molecular complexity index is 1280. The first-order valence-electron chi connectivity index (χ1n) is 22.7. The minimum absolute atomic E-state index is 0.0677. The zero-order valence-corrected chi connectivity index (χ0v) is 37.8. The van der Waals surface area contributed by atoms with Crippen molar-refractivity contribution in [3.8, 4) is 0 Å². The van der Waals surface area contributed by atoms with Crippen LogP contribution in [0.15, 0.2) is 97.2 Å². The molecule has 0 saturated carbocycles. The van der Waals surface area contributed by atoms with Crippen LogP contribution in [0.25, 0.3) is 0 Å². The van der Waals surface area contributed by atoms with E-state index in [1.165, 1.54) is 25.7 Å². The molecule has 0 spiro atoms. The molecular weight excluding hydrogens is 762 g/mol. The molecule has 2 atom stereocenters. The maximum atomic E-state index is 12.1. The number of esters is 1. The van der Waals surface area contributed by atoms with Gasteiger partial charge in [-0.2, -0.15) is 0 Å². The molecule has 0 aromatic rings. The standard InChI is InChI=1S/C49H82NO8P/c1-3-5-7-9-11-13-15-17-19-21-22-23-24-26-28-30-32-34-36-38-40-42-49(53)56-45-47(51)46-58-59(54,55)57-44-43-50-48(52)41-39-37-35-33-31-29-27-25-20-18-16-14-12-10-8-6-4-2/h5-8,11-14,17-20,22-23,26,28,47,51H,3-4,9-10,15-16,21,24-25,27,29-46H2,1-2H3,(H,50,52)(H,54,55)/b7-5-,8-6-,13-11-,14-12-,19-17-,20-18-,23-22-,28-26-. The number of aliphatic hydroxyl groups excluding tert-OH is 1. The third kappa shape index (κ3) is 45.9. The number of amides is 1. The highest BCUT2D eigenvalue weighted by Crippen LogP contribution is 2.42. The van der Waals surface area contributed by atoms with Crippen LogP contribution in [0.4, 0.5) is 0 Å². The predicted octanol–water partition coefficient (Wildman–Crippen LogP) is 13.0. The highest BCUT2D eigenvalue weighted by molar-refractivity contribution is 7.47. The van der Waals surface area contributed by atoms with Crippen LogP contribution in [-0.4, -0.2) is 54.3 Å². The van der Waals surface area contributed by atoms with Gasteiger partial charge in [-0.05, 0) is 89.9 Å². The van der Waals surface area contributed by atoms with Crippen molar-refractivity contribution in [2.24, 2.45) is 0 Å². The minimum Gasteiger partial charge on any atom is -0.463 e. The van der Waals surface area contributed by atoms with E-state index in [9.17, 15) is 24.2 Å². The number of nitrogens with one attached hydrogen (secondary N) is 1. The van der Waals surface area contributed by atoms with Gasteiger partial charge in [-0.15, -0.1) is 0 Å². The fourth-order valence-electron chi connectivity index (χ4n) is 5.66. The van der Waals surface area contributed by atoms with Gasteiger partial charge in [-0.25, -0.2) is 4.57 Å². The molecule has 0 aliphatic rings. The Morgan fingerprint density at radius 1 is 0.525 bits per heavy atom. The topological polar surface area (TPSA) is 131 Å². The van der Waals surface area contributed by atoms with Crippen molar-refractivity contribution in [2.45, 2.75) is 174 Å². The number of phosphoric ester groups is 1. The second-order valence-electron chi connectivity index (χ2n) is 14.6. The van der Waals surface area contributed by atoms with Crippen LogP contribution in [0.2, 0.25) is 0 Å². The van der Waals surface area contributed by atoms with Crippen LogP contribution in [0.1, 0.15) is 168 Å². The number of hydrogen-bond acceptors (Lipinski definition) is 7. The van der Waals surface area contributed by atoms with Crippen molar-refractivity contribution >= 4 is 19.7 Å². The molecule has 0 aromatic carbocycles. The third-order valence-electron chi connectivity index (χ3n) is 9.01. The fourth-order valence-corrected chi connectivity index (χ4v) is 6.41. The summed E-state index contributed by atoms with van der Waals surface area (Å²) in [7, 11) is -4.43. The SMILES string of the molecule is CC/C=C\C/C=C\C/C=C\C/C=C\C/C=C\CCCCCCCC(=O)OCC(O)COP(=O)(O)OCCNC(=O)CCCCCCCCC/C=C\C/C=C\C/C=C\CC. The van der Waals surface area contributed by atoms with Crippen LogP contribution in [0.3, 0.4) is 0 Å². The second kappa shape index (κ2) is 44.5. The molecule has 3 N–H and O–H groups in total. The molecule has 336 valence electrons. The lowest BCUT2D eigenvalue weighted by molar-refractivity contribution is -0.147. The first-order valence-corrected chi connectivity index (χ1v) is 24.2. The van der Waals surface area contributed by atoms with E-state index in [4.69, 9.17) is 13.8 Å². The van der Waals surface area contributed by atoms with Crippen LogP contribution in [0.5, 0.6) is 0 Å². The van der Waals surface area contributed by atoms with Crippen molar-refractivity contribution in [3.05, 3.63) is 97.2 Å². The van der Waals surface area contributed by atoms with E-state index in [-0.39, 0.29) is 32.1 Å². The molecule has 0 aromatic heterocycles. The van der Waals surface area contributed by atoms with Gasteiger partial charge in [0.05, 0.1) is 13.2 Å². The monoisotopic (exact) mass is 844 g/mol. The average Bonchev–Trinajstić information content (AvgIpc) is 3.22. The van der Waals surface area contributed by atoms with E-state index in [1.807, 2.05) is 0 Å². The molecule has 0 aliphatic heterocycles. The zero-order valence-electron chi connectivity index (χ0n) is 36.9. The van der Waals surface area contributed by atoms with E-state index in [0.29, 0.717) is 12.8 Å². The lowest BCUT2D eigenvalue weighted by atomic mass is 10.1. The van der Waals surface area contributed by atoms with Gasteiger partial charge in [0.2, 0.25) is 5.91 Å². The summed E-state index contributed by atoms with van der Waals surface area (Å²) in [6, 6.07) is 0. The molecule has 0 aliphatic carbocycles. The van der Waals surface area contributed by atoms with Crippen LogP contribution in [0, 0.1) is 0 Å². The number of phosphoric acid groups is 1. The Balaban J connectivity index is 3.67. The van der Waals surface area contributed by atoms with Crippen LogP contribution >= 0.6 is 7.82 Å². The Morgan fingerprint density at radius 2 is 0.915 bits per heavy atom. The minimum atomic E-state index is -4.43. The maximum absolute atomic E-state index is 12.1. The molecule has 10 heteroatoms. The first kappa shape index (κ1) is 55.9. The Kier molecular flexibility index (Phi) is 42.2. The largest absolute Gasteiger partial charge is 0.472 e. The second-order valence-corrected chi connectivity index (χ2v) is 16.1. The van der Waals surface area contributed by atoms with Gasteiger partial charge in [0.1, 0.15) is 12.7 Å². The number of unbranched alkanes of at least 4 members (excludes halogenated alkanes) is 12. The van der Waals surface area contributed by atoms with Crippen LogP contribution < -0.4 is 5.32 Å². The van der Waals surface area contributed by atoms with Crippen molar-refractivity contribution in [3.63, 3.8) is 0 Å². The van der Waals surface area contributed by atoms with E-state index in [1.54, 1.807) is 0 Å². The number of carbonyl (C=O) groups is 2. The van der Waals surface area contributed by atoms with Crippen molar-refractivity contribution in [1.82, 2.24) is 5.32 Å².